The van der Waals surface area contributed by atoms with E-state index in [1.807, 2.05) is 0 Å². The van der Waals surface area contributed by atoms with Crippen LogP contribution in [0.1, 0.15) is 37.7 Å². The highest BCUT2D eigenvalue weighted by molar-refractivity contribution is 5.43. The second-order valence-electron chi connectivity index (χ2n) is 5.92. The van der Waals surface area contributed by atoms with Crippen molar-refractivity contribution in [3.63, 3.8) is 0 Å². The summed E-state index contributed by atoms with van der Waals surface area (Å²) in [7, 11) is 0. The van der Waals surface area contributed by atoms with Gasteiger partial charge >= 0.3 is 0 Å². The maximum Gasteiger partial charge on any atom is 0.161 e. The first kappa shape index (κ1) is 12.8. The highest BCUT2D eigenvalue weighted by Crippen LogP contribution is 2.41. The van der Waals surface area contributed by atoms with Crippen LogP contribution in [0.5, 0.6) is 11.5 Å². The average Bonchev–Trinajstić information content (AvgIpc) is 2.77. The molecule has 2 N–H and O–H groups in total. The minimum absolute atomic E-state index is 0.319. The summed E-state index contributed by atoms with van der Waals surface area (Å²) < 4.78 is 11.4. The Bertz CT molecular complexity index is 438. The van der Waals surface area contributed by atoms with Crippen molar-refractivity contribution in [1.29, 1.82) is 0 Å². The lowest BCUT2D eigenvalue weighted by Crippen LogP contribution is -2.29. The molecule has 0 amide bonds. The van der Waals surface area contributed by atoms with E-state index in [1.165, 1.54) is 31.2 Å². The molecule has 1 fully saturated rings. The molecule has 1 aliphatic carbocycles. The maximum atomic E-state index is 6.02. The number of rotatable bonds is 3. The topological polar surface area (TPSA) is 44.5 Å². The lowest BCUT2D eigenvalue weighted by molar-refractivity contribution is 0.296. The summed E-state index contributed by atoms with van der Waals surface area (Å²) in [5.41, 5.74) is 7.67. The molecule has 0 atom stereocenters. The van der Waals surface area contributed by atoms with Gasteiger partial charge in [0.05, 0.1) is 13.2 Å². The minimum Gasteiger partial charge on any atom is -0.490 e. The van der Waals surface area contributed by atoms with Gasteiger partial charge in [0, 0.05) is 6.42 Å². The van der Waals surface area contributed by atoms with Gasteiger partial charge in [0.25, 0.3) is 0 Å². The Morgan fingerprint density at radius 2 is 1.74 bits per heavy atom. The molecule has 1 heterocycles. The Balaban J connectivity index is 1.79. The molecule has 1 aromatic rings. The summed E-state index contributed by atoms with van der Waals surface area (Å²) in [6.45, 7) is 2.29. The van der Waals surface area contributed by atoms with Crippen molar-refractivity contribution in [3.8, 4) is 11.5 Å². The molecule has 2 aliphatic rings. The van der Waals surface area contributed by atoms with Crippen LogP contribution in [0, 0.1) is 5.41 Å². The second-order valence-corrected chi connectivity index (χ2v) is 5.92. The first-order valence-electron chi connectivity index (χ1n) is 7.40. The largest absolute Gasteiger partial charge is 0.490 e. The first-order chi connectivity index (χ1) is 9.31. The van der Waals surface area contributed by atoms with Crippen molar-refractivity contribution in [2.75, 3.05) is 19.8 Å². The van der Waals surface area contributed by atoms with E-state index in [0.29, 0.717) is 5.41 Å². The molecule has 0 saturated heterocycles. The molecule has 0 unspecified atom stereocenters. The van der Waals surface area contributed by atoms with Crippen molar-refractivity contribution in [3.05, 3.63) is 23.8 Å². The third-order valence-corrected chi connectivity index (χ3v) is 4.49. The SMILES string of the molecule is NCC1(Cc2ccc3c(c2)OCCCO3)CCCC1. The van der Waals surface area contributed by atoms with Crippen molar-refractivity contribution < 1.29 is 9.47 Å². The number of benzene rings is 1. The molecule has 104 valence electrons. The van der Waals surface area contributed by atoms with Gasteiger partial charge in [0.1, 0.15) is 0 Å². The number of hydrogen-bond acceptors (Lipinski definition) is 3. The van der Waals surface area contributed by atoms with Crippen LogP contribution in [-0.2, 0) is 6.42 Å². The molecule has 1 saturated carbocycles. The quantitative estimate of drug-likeness (QED) is 0.910. The average molecular weight is 261 g/mol. The summed E-state index contributed by atoms with van der Waals surface area (Å²) in [5.74, 6) is 1.79. The van der Waals surface area contributed by atoms with Gasteiger partial charge < -0.3 is 15.2 Å². The summed E-state index contributed by atoms with van der Waals surface area (Å²) in [4.78, 5) is 0. The fourth-order valence-electron chi connectivity index (χ4n) is 3.33. The van der Waals surface area contributed by atoms with Gasteiger partial charge in [-0.1, -0.05) is 18.9 Å². The van der Waals surface area contributed by atoms with Crippen molar-refractivity contribution >= 4 is 0 Å². The zero-order valence-corrected chi connectivity index (χ0v) is 11.5. The lowest BCUT2D eigenvalue weighted by Gasteiger charge is -2.27. The molecule has 1 aliphatic heterocycles. The van der Waals surface area contributed by atoms with Gasteiger partial charge in [0.2, 0.25) is 0 Å². The van der Waals surface area contributed by atoms with Crippen LogP contribution in [0.4, 0.5) is 0 Å². The Hall–Kier alpha value is -1.22. The molecule has 0 bridgehead atoms. The van der Waals surface area contributed by atoms with E-state index in [1.54, 1.807) is 0 Å². The van der Waals surface area contributed by atoms with E-state index in [-0.39, 0.29) is 0 Å². The van der Waals surface area contributed by atoms with Gasteiger partial charge in [-0.25, -0.2) is 0 Å². The number of hydrogen-bond donors (Lipinski definition) is 1. The van der Waals surface area contributed by atoms with Crippen molar-refractivity contribution in [2.24, 2.45) is 11.1 Å². The third-order valence-electron chi connectivity index (χ3n) is 4.49. The zero-order chi connectivity index (χ0) is 13.1. The summed E-state index contributed by atoms with van der Waals surface area (Å²) in [6, 6.07) is 6.37. The zero-order valence-electron chi connectivity index (χ0n) is 11.5. The fraction of sp³-hybridized carbons (Fsp3) is 0.625. The molecule has 3 heteroatoms. The minimum atomic E-state index is 0.319. The van der Waals surface area contributed by atoms with E-state index in [2.05, 4.69) is 18.2 Å². The highest BCUT2D eigenvalue weighted by Gasteiger charge is 2.32. The molecule has 1 aromatic carbocycles. The first-order valence-corrected chi connectivity index (χ1v) is 7.40. The van der Waals surface area contributed by atoms with E-state index in [4.69, 9.17) is 15.2 Å². The Morgan fingerprint density at radius 1 is 1.00 bits per heavy atom. The van der Waals surface area contributed by atoms with Crippen LogP contribution in [-0.4, -0.2) is 19.8 Å². The van der Waals surface area contributed by atoms with Gasteiger partial charge in [-0.05, 0) is 48.9 Å². The molecule has 3 nitrogen and oxygen atoms in total. The predicted octanol–water partition coefficient (Wildman–Crippen LogP) is 2.91. The van der Waals surface area contributed by atoms with E-state index >= 15 is 0 Å². The van der Waals surface area contributed by atoms with E-state index in [0.717, 1.165) is 44.1 Å². The maximum absolute atomic E-state index is 6.02. The van der Waals surface area contributed by atoms with Crippen molar-refractivity contribution in [2.45, 2.75) is 38.5 Å². The van der Waals surface area contributed by atoms with Gasteiger partial charge in [-0.2, -0.15) is 0 Å². The number of fused-ring (bicyclic) bond motifs is 1. The van der Waals surface area contributed by atoms with Gasteiger partial charge in [-0.3, -0.25) is 0 Å². The van der Waals surface area contributed by atoms with Crippen LogP contribution in [0.3, 0.4) is 0 Å². The smallest absolute Gasteiger partial charge is 0.161 e. The second kappa shape index (κ2) is 5.41. The van der Waals surface area contributed by atoms with E-state index < -0.39 is 0 Å². The molecule has 3 rings (SSSR count). The van der Waals surface area contributed by atoms with Crippen molar-refractivity contribution in [1.82, 2.24) is 0 Å². The number of ether oxygens (including phenoxy) is 2. The molecule has 19 heavy (non-hydrogen) atoms. The Labute approximate surface area is 115 Å². The normalized spacial score (nSPS) is 21.1. The van der Waals surface area contributed by atoms with E-state index in [9.17, 15) is 0 Å². The summed E-state index contributed by atoms with van der Waals surface area (Å²) in [5, 5.41) is 0. The molecule has 0 radical (unpaired) electrons. The standard InChI is InChI=1S/C16H23NO2/c17-12-16(6-1-2-7-16)11-13-4-5-14-15(10-13)19-9-3-8-18-14/h4-5,10H,1-3,6-9,11-12,17H2. The highest BCUT2D eigenvalue weighted by atomic mass is 16.5. The van der Waals surface area contributed by atoms with Crippen LogP contribution in [0.25, 0.3) is 0 Å². The van der Waals surface area contributed by atoms with Crippen LogP contribution < -0.4 is 15.2 Å². The monoisotopic (exact) mass is 261 g/mol. The molecule has 0 aromatic heterocycles. The third kappa shape index (κ3) is 2.71. The van der Waals surface area contributed by atoms with Gasteiger partial charge in [0.15, 0.2) is 11.5 Å². The lowest BCUT2D eigenvalue weighted by atomic mass is 9.80. The molecular formula is C16H23NO2. The van der Waals surface area contributed by atoms with Crippen LogP contribution in [0.2, 0.25) is 0 Å². The Kier molecular flexibility index (Phi) is 3.65. The summed E-state index contributed by atoms with van der Waals surface area (Å²) >= 11 is 0. The molecular weight excluding hydrogens is 238 g/mol. The van der Waals surface area contributed by atoms with Gasteiger partial charge in [-0.15, -0.1) is 0 Å². The van der Waals surface area contributed by atoms with Crippen LogP contribution >= 0.6 is 0 Å². The van der Waals surface area contributed by atoms with Crippen LogP contribution in [0.15, 0.2) is 18.2 Å². The fourth-order valence-corrected chi connectivity index (χ4v) is 3.33. The Morgan fingerprint density at radius 3 is 2.47 bits per heavy atom. The summed E-state index contributed by atoms with van der Waals surface area (Å²) in [6.07, 6.45) is 7.19. The number of nitrogens with two attached hydrogens (primary N) is 1. The molecule has 0 spiro atoms. The predicted molar refractivity (Wildman–Crippen MR) is 75.7 cm³/mol.